The summed E-state index contributed by atoms with van der Waals surface area (Å²) in [5, 5.41) is 19.2. The highest BCUT2D eigenvalue weighted by atomic mass is 16.3. The number of carbonyl (C=O) groups excluding carboxylic acids is 1. The van der Waals surface area contributed by atoms with Gasteiger partial charge in [-0.1, -0.05) is 6.92 Å². The highest BCUT2D eigenvalue weighted by molar-refractivity contribution is 5.92. The molecule has 0 bridgehead atoms. The first kappa shape index (κ1) is 23.3. The van der Waals surface area contributed by atoms with E-state index in [-0.39, 0.29) is 18.1 Å². The maximum Gasteiger partial charge on any atom is 0.227 e. The average Bonchev–Trinajstić information content (AvgIpc) is 3.56. The van der Waals surface area contributed by atoms with E-state index < -0.39 is 5.41 Å². The van der Waals surface area contributed by atoms with Crippen LogP contribution in [0.2, 0.25) is 0 Å². The van der Waals surface area contributed by atoms with Gasteiger partial charge in [0.15, 0.2) is 5.82 Å². The van der Waals surface area contributed by atoms with Gasteiger partial charge < -0.3 is 26.0 Å². The number of aliphatic hydroxyl groups is 1. The molecule has 11 nitrogen and oxygen atoms in total. The first-order valence-corrected chi connectivity index (χ1v) is 12.2. The van der Waals surface area contributed by atoms with Gasteiger partial charge in [0.25, 0.3) is 0 Å². The normalized spacial score (nSPS) is 23.3. The van der Waals surface area contributed by atoms with Crippen LogP contribution in [0.25, 0.3) is 10.9 Å². The number of anilines is 4. The molecule has 2 aliphatic heterocycles. The number of primary amides is 1. The van der Waals surface area contributed by atoms with Crippen molar-refractivity contribution in [2.24, 2.45) is 11.1 Å². The molecule has 186 valence electrons. The fourth-order valence-corrected chi connectivity index (χ4v) is 4.80. The molecule has 0 radical (unpaired) electrons. The molecule has 3 atom stereocenters. The van der Waals surface area contributed by atoms with E-state index in [0.29, 0.717) is 43.6 Å². The van der Waals surface area contributed by atoms with Crippen LogP contribution in [0.4, 0.5) is 23.4 Å². The topological polar surface area (TPSA) is 138 Å². The standard InChI is InChI=1S/C24H33N9O2/c1-4-15(2)33-18-11-20(27-12-17(18)21(30-33)31-9-6-16(34)13-31)28-19-5-8-26-23(29-19)32-10-7-24(3,14-32)22(25)35/h5,8,11-12,15-16,34H,4,6-7,9-10,13-14H2,1-3H3,(H2,25,35)(H,26,27,28,29)/t15?,16-,24+/m1/s1. The zero-order valence-corrected chi connectivity index (χ0v) is 20.5. The molecule has 2 saturated heterocycles. The van der Waals surface area contributed by atoms with Crippen molar-refractivity contribution in [3.63, 3.8) is 0 Å². The molecule has 5 rings (SSSR count). The van der Waals surface area contributed by atoms with E-state index in [1.807, 2.05) is 28.8 Å². The molecule has 0 spiro atoms. The molecule has 0 saturated carbocycles. The van der Waals surface area contributed by atoms with E-state index in [0.717, 1.165) is 36.1 Å². The van der Waals surface area contributed by atoms with Crippen LogP contribution in [0.15, 0.2) is 24.5 Å². The van der Waals surface area contributed by atoms with E-state index in [9.17, 15) is 9.90 Å². The molecule has 1 amide bonds. The van der Waals surface area contributed by atoms with Crippen LogP contribution in [0.1, 0.15) is 46.1 Å². The molecule has 1 unspecified atom stereocenters. The lowest BCUT2D eigenvalue weighted by Gasteiger charge is -2.21. The Morgan fingerprint density at radius 2 is 2.14 bits per heavy atom. The first-order valence-electron chi connectivity index (χ1n) is 12.2. The van der Waals surface area contributed by atoms with Crippen LogP contribution in [0.3, 0.4) is 0 Å². The van der Waals surface area contributed by atoms with E-state index in [4.69, 9.17) is 10.8 Å². The molecule has 3 aromatic heterocycles. The maximum absolute atomic E-state index is 11.8. The second kappa shape index (κ2) is 8.95. The number of amides is 1. The second-order valence-corrected chi connectivity index (χ2v) is 9.96. The van der Waals surface area contributed by atoms with Crippen molar-refractivity contribution in [3.05, 3.63) is 24.5 Å². The molecular formula is C24H33N9O2. The summed E-state index contributed by atoms with van der Waals surface area (Å²) in [5.74, 6) is 2.40. The minimum Gasteiger partial charge on any atom is -0.391 e. The van der Waals surface area contributed by atoms with Gasteiger partial charge in [0.1, 0.15) is 11.6 Å². The smallest absolute Gasteiger partial charge is 0.227 e. The lowest BCUT2D eigenvalue weighted by molar-refractivity contribution is -0.125. The Balaban J connectivity index is 1.42. The van der Waals surface area contributed by atoms with Gasteiger partial charge in [-0.15, -0.1) is 0 Å². The number of carbonyl (C=O) groups is 1. The summed E-state index contributed by atoms with van der Waals surface area (Å²) in [7, 11) is 0. The third-order valence-corrected chi connectivity index (χ3v) is 7.29. The minimum absolute atomic E-state index is 0.217. The molecule has 11 heteroatoms. The van der Waals surface area contributed by atoms with E-state index in [1.54, 1.807) is 12.3 Å². The Hall–Kier alpha value is -3.47. The van der Waals surface area contributed by atoms with Crippen molar-refractivity contribution < 1.29 is 9.90 Å². The monoisotopic (exact) mass is 479 g/mol. The molecule has 5 heterocycles. The summed E-state index contributed by atoms with van der Waals surface area (Å²) < 4.78 is 2.04. The number of rotatable bonds is 7. The number of β-amino-alcohol motifs (C(OH)–C–C–N with tert-alkyl or cyclic N) is 1. The van der Waals surface area contributed by atoms with Gasteiger partial charge in [0.05, 0.1) is 22.4 Å². The number of nitrogens with zero attached hydrogens (tertiary/aromatic N) is 7. The number of nitrogens with one attached hydrogen (secondary N) is 1. The number of pyridine rings is 1. The first-order chi connectivity index (χ1) is 16.8. The highest BCUT2D eigenvalue weighted by Gasteiger charge is 2.39. The highest BCUT2D eigenvalue weighted by Crippen LogP contribution is 2.34. The number of nitrogens with two attached hydrogens (primary N) is 1. The van der Waals surface area contributed by atoms with Crippen molar-refractivity contribution >= 4 is 40.2 Å². The van der Waals surface area contributed by atoms with Gasteiger partial charge in [0, 0.05) is 50.7 Å². The zero-order chi connectivity index (χ0) is 24.7. The number of aromatic nitrogens is 5. The van der Waals surface area contributed by atoms with Crippen molar-refractivity contribution in [2.75, 3.05) is 41.3 Å². The van der Waals surface area contributed by atoms with E-state index in [1.165, 1.54) is 0 Å². The zero-order valence-electron chi connectivity index (χ0n) is 20.5. The second-order valence-electron chi connectivity index (χ2n) is 9.96. The van der Waals surface area contributed by atoms with Crippen LogP contribution >= 0.6 is 0 Å². The maximum atomic E-state index is 11.8. The number of hydrogen-bond acceptors (Lipinski definition) is 9. The third-order valence-electron chi connectivity index (χ3n) is 7.29. The van der Waals surface area contributed by atoms with Gasteiger partial charge in [0.2, 0.25) is 11.9 Å². The van der Waals surface area contributed by atoms with Crippen LogP contribution < -0.4 is 20.9 Å². The van der Waals surface area contributed by atoms with Gasteiger partial charge in [-0.3, -0.25) is 9.48 Å². The van der Waals surface area contributed by atoms with Gasteiger partial charge >= 0.3 is 0 Å². The Morgan fingerprint density at radius 1 is 1.31 bits per heavy atom. The van der Waals surface area contributed by atoms with Crippen LogP contribution in [0, 0.1) is 5.41 Å². The Labute approximate surface area is 204 Å². The van der Waals surface area contributed by atoms with Gasteiger partial charge in [-0.2, -0.15) is 10.1 Å². The Kier molecular flexibility index (Phi) is 5.96. The van der Waals surface area contributed by atoms with Gasteiger partial charge in [-0.25, -0.2) is 9.97 Å². The average molecular weight is 480 g/mol. The fourth-order valence-electron chi connectivity index (χ4n) is 4.80. The summed E-state index contributed by atoms with van der Waals surface area (Å²) >= 11 is 0. The summed E-state index contributed by atoms with van der Waals surface area (Å²) in [6, 6.07) is 4.00. The molecule has 2 fully saturated rings. The molecular weight excluding hydrogens is 446 g/mol. The van der Waals surface area contributed by atoms with Gasteiger partial charge in [-0.05, 0) is 39.2 Å². The van der Waals surface area contributed by atoms with Crippen LogP contribution in [-0.2, 0) is 4.79 Å². The van der Waals surface area contributed by atoms with Crippen molar-refractivity contribution in [1.82, 2.24) is 24.7 Å². The predicted octanol–water partition coefficient (Wildman–Crippen LogP) is 2.21. The lowest BCUT2D eigenvalue weighted by Crippen LogP contribution is -2.37. The summed E-state index contributed by atoms with van der Waals surface area (Å²) in [4.78, 5) is 29.6. The van der Waals surface area contributed by atoms with Crippen molar-refractivity contribution in [3.8, 4) is 0 Å². The number of aliphatic hydroxyl groups excluding tert-OH is 1. The van der Waals surface area contributed by atoms with Crippen molar-refractivity contribution in [2.45, 2.75) is 52.2 Å². The lowest BCUT2D eigenvalue weighted by atomic mass is 9.89. The van der Waals surface area contributed by atoms with Crippen LogP contribution in [0.5, 0.6) is 0 Å². The van der Waals surface area contributed by atoms with E-state index >= 15 is 0 Å². The van der Waals surface area contributed by atoms with Crippen LogP contribution in [-0.4, -0.2) is 68.0 Å². The Morgan fingerprint density at radius 3 is 2.83 bits per heavy atom. The molecule has 0 aromatic carbocycles. The summed E-state index contributed by atoms with van der Waals surface area (Å²) in [6.07, 6.45) is 5.58. The number of fused-ring (bicyclic) bond motifs is 1. The van der Waals surface area contributed by atoms with Crippen molar-refractivity contribution in [1.29, 1.82) is 0 Å². The molecule has 4 N–H and O–H groups in total. The van der Waals surface area contributed by atoms with E-state index in [2.05, 4.69) is 39.0 Å². The Bertz CT molecular complexity index is 1240. The molecule has 3 aromatic rings. The molecule has 35 heavy (non-hydrogen) atoms. The summed E-state index contributed by atoms with van der Waals surface area (Å²) in [5.41, 5.74) is 6.00. The SMILES string of the molecule is CCC(C)n1nc(N2CC[C@@H](O)C2)c2cnc(Nc3ccnc(N4CC[C@](C)(C(N)=O)C4)n3)cc21. The third kappa shape index (κ3) is 4.36. The minimum atomic E-state index is -0.573. The predicted molar refractivity (Wildman–Crippen MR) is 135 cm³/mol. The quantitative estimate of drug-likeness (QED) is 0.465. The largest absolute Gasteiger partial charge is 0.391 e. The molecule has 0 aliphatic carbocycles. The summed E-state index contributed by atoms with van der Waals surface area (Å²) in [6.45, 7) is 8.71. The fraction of sp³-hybridized carbons (Fsp3) is 0.542. The molecule has 2 aliphatic rings. The number of hydrogen-bond donors (Lipinski definition) is 3.